The summed E-state index contributed by atoms with van der Waals surface area (Å²) in [4.78, 5) is 29.9. The molecule has 0 bridgehead atoms. The Morgan fingerprint density at radius 3 is 2.41 bits per heavy atom. The van der Waals surface area contributed by atoms with Gasteiger partial charge in [0.2, 0.25) is 5.91 Å². The summed E-state index contributed by atoms with van der Waals surface area (Å²) >= 11 is 0. The number of piperidine rings is 1. The first kappa shape index (κ1) is 17.8. The van der Waals surface area contributed by atoms with Gasteiger partial charge in [0.15, 0.2) is 0 Å². The summed E-state index contributed by atoms with van der Waals surface area (Å²) in [7, 11) is 0. The maximum atomic E-state index is 13.0. The second-order valence-electron chi connectivity index (χ2n) is 7.66. The Balaban J connectivity index is 1.61. The van der Waals surface area contributed by atoms with Crippen molar-refractivity contribution in [2.24, 2.45) is 0 Å². The summed E-state index contributed by atoms with van der Waals surface area (Å²) in [6, 6.07) is 15.8. The van der Waals surface area contributed by atoms with E-state index in [1.165, 1.54) is 12.0 Å². The van der Waals surface area contributed by atoms with Crippen molar-refractivity contribution in [1.29, 1.82) is 0 Å². The third-order valence-electron chi connectivity index (χ3n) is 5.76. The van der Waals surface area contributed by atoms with Crippen LogP contribution < -0.4 is 0 Å². The maximum Gasteiger partial charge on any atom is 0.255 e. The van der Waals surface area contributed by atoms with Gasteiger partial charge in [-0.25, -0.2) is 0 Å². The molecule has 1 saturated heterocycles. The first-order chi connectivity index (χ1) is 13.1. The number of carbonyl (C=O) groups excluding carboxylic acids is 2. The number of likely N-dealkylation sites (tertiary alicyclic amines) is 1. The van der Waals surface area contributed by atoms with Crippen LogP contribution in [0.2, 0.25) is 0 Å². The topological polar surface area (TPSA) is 40.6 Å². The number of amides is 2. The predicted molar refractivity (Wildman–Crippen MR) is 105 cm³/mol. The molecule has 4 nitrogen and oxygen atoms in total. The van der Waals surface area contributed by atoms with Crippen LogP contribution in [0.5, 0.6) is 0 Å². The van der Waals surface area contributed by atoms with Gasteiger partial charge in [0.05, 0.1) is 12.5 Å². The van der Waals surface area contributed by atoms with Gasteiger partial charge in [-0.3, -0.25) is 9.59 Å². The monoisotopic (exact) mass is 362 g/mol. The molecule has 2 aromatic carbocycles. The van der Waals surface area contributed by atoms with E-state index in [0.29, 0.717) is 13.0 Å². The fourth-order valence-electron chi connectivity index (χ4n) is 4.16. The predicted octanol–water partition coefficient (Wildman–Crippen LogP) is 4.09. The van der Waals surface area contributed by atoms with Gasteiger partial charge in [0, 0.05) is 25.2 Å². The SMILES string of the molecule is Cc1ccc([C@@H](CC(=O)N2CCCCC2)N2Cc3ccccc3C2=O)cc1. The van der Waals surface area contributed by atoms with Crippen molar-refractivity contribution in [3.8, 4) is 0 Å². The zero-order valence-corrected chi connectivity index (χ0v) is 15.9. The van der Waals surface area contributed by atoms with Crippen LogP contribution in [0, 0.1) is 6.92 Å². The van der Waals surface area contributed by atoms with E-state index in [9.17, 15) is 9.59 Å². The van der Waals surface area contributed by atoms with Crippen molar-refractivity contribution in [3.63, 3.8) is 0 Å². The number of fused-ring (bicyclic) bond motifs is 1. The Morgan fingerprint density at radius 1 is 1.00 bits per heavy atom. The molecule has 0 unspecified atom stereocenters. The standard InChI is InChI=1S/C23H26N2O2/c1-17-9-11-18(12-10-17)21(15-22(26)24-13-5-2-6-14-24)25-16-19-7-3-4-8-20(19)23(25)27/h3-4,7-12,21H,2,5-6,13-16H2,1H3/t21-/m1/s1. The van der Waals surface area contributed by atoms with Crippen LogP contribution in [0.15, 0.2) is 48.5 Å². The molecule has 2 aromatic rings. The third-order valence-corrected chi connectivity index (χ3v) is 5.76. The van der Waals surface area contributed by atoms with Crippen LogP contribution in [-0.4, -0.2) is 34.7 Å². The maximum absolute atomic E-state index is 13.0. The highest BCUT2D eigenvalue weighted by atomic mass is 16.2. The molecule has 0 radical (unpaired) electrons. The molecule has 2 aliphatic heterocycles. The average Bonchev–Trinajstić information content (AvgIpc) is 3.04. The lowest BCUT2D eigenvalue weighted by atomic mass is 9.99. The second-order valence-corrected chi connectivity index (χ2v) is 7.66. The van der Waals surface area contributed by atoms with Gasteiger partial charge in [-0.1, -0.05) is 48.0 Å². The molecule has 0 aromatic heterocycles. The average molecular weight is 362 g/mol. The Hall–Kier alpha value is -2.62. The van der Waals surface area contributed by atoms with Gasteiger partial charge >= 0.3 is 0 Å². The van der Waals surface area contributed by atoms with Crippen molar-refractivity contribution in [2.45, 2.75) is 45.2 Å². The number of carbonyl (C=O) groups is 2. The molecule has 2 aliphatic rings. The van der Waals surface area contributed by atoms with Crippen molar-refractivity contribution in [2.75, 3.05) is 13.1 Å². The summed E-state index contributed by atoms with van der Waals surface area (Å²) < 4.78 is 0. The number of rotatable bonds is 4. The number of aryl methyl sites for hydroxylation is 1. The van der Waals surface area contributed by atoms with Crippen molar-refractivity contribution < 1.29 is 9.59 Å². The highest BCUT2D eigenvalue weighted by molar-refractivity contribution is 5.98. The number of hydrogen-bond donors (Lipinski definition) is 0. The van der Waals surface area contributed by atoms with E-state index in [-0.39, 0.29) is 17.9 Å². The Labute approximate surface area is 160 Å². The lowest BCUT2D eigenvalue weighted by Crippen LogP contribution is -2.39. The van der Waals surface area contributed by atoms with Gasteiger partial charge in [-0.2, -0.15) is 0 Å². The molecule has 0 spiro atoms. The largest absolute Gasteiger partial charge is 0.343 e. The summed E-state index contributed by atoms with van der Waals surface area (Å²) in [5.74, 6) is 0.187. The van der Waals surface area contributed by atoms with E-state index in [4.69, 9.17) is 0 Å². The molecule has 0 N–H and O–H groups in total. The van der Waals surface area contributed by atoms with E-state index < -0.39 is 0 Å². The van der Waals surface area contributed by atoms with Crippen molar-refractivity contribution in [1.82, 2.24) is 9.80 Å². The van der Waals surface area contributed by atoms with Crippen LogP contribution in [0.3, 0.4) is 0 Å². The summed E-state index contributed by atoms with van der Waals surface area (Å²) in [6.45, 7) is 4.30. The number of hydrogen-bond acceptors (Lipinski definition) is 2. The van der Waals surface area contributed by atoms with Crippen LogP contribution in [-0.2, 0) is 11.3 Å². The zero-order chi connectivity index (χ0) is 18.8. The Bertz CT molecular complexity index is 838. The lowest BCUT2D eigenvalue weighted by Gasteiger charge is -2.32. The fourth-order valence-corrected chi connectivity index (χ4v) is 4.16. The van der Waals surface area contributed by atoms with Crippen LogP contribution >= 0.6 is 0 Å². The minimum absolute atomic E-state index is 0.0302. The Kier molecular flexibility index (Phi) is 4.97. The Morgan fingerprint density at radius 2 is 1.70 bits per heavy atom. The summed E-state index contributed by atoms with van der Waals surface area (Å²) in [5, 5.41) is 0. The molecule has 4 rings (SSSR count). The summed E-state index contributed by atoms with van der Waals surface area (Å²) in [5.41, 5.74) is 4.02. The van der Waals surface area contributed by atoms with Crippen LogP contribution in [0.1, 0.15) is 58.8 Å². The minimum Gasteiger partial charge on any atom is -0.343 e. The molecule has 0 saturated carbocycles. The molecule has 1 fully saturated rings. The minimum atomic E-state index is -0.222. The number of benzene rings is 2. The van der Waals surface area contributed by atoms with Gasteiger partial charge < -0.3 is 9.80 Å². The van der Waals surface area contributed by atoms with Crippen molar-refractivity contribution >= 4 is 11.8 Å². The molecule has 27 heavy (non-hydrogen) atoms. The highest BCUT2D eigenvalue weighted by Crippen LogP contribution is 2.34. The molecule has 2 heterocycles. The molecule has 1 atom stereocenters. The van der Waals surface area contributed by atoms with Crippen LogP contribution in [0.25, 0.3) is 0 Å². The van der Waals surface area contributed by atoms with E-state index in [0.717, 1.165) is 42.6 Å². The normalized spacial score (nSPS) is 17.7. The quantitative estimate of drug-likeness (QED) is 0.822. The molecular weight excluding hydrogens is 336 g/mol. The smallest absolute Gasteiger partial charge is 0.255 e. The van der Waals surface area contributed by atoms with E-state index >= 15 is 0 Å². The van der Waals surface area contributed by atoms with E-state index in [1.54, 1.807) is 0 Å². The van der Waals surface area contributed by atoms with Crippen LogP contribution in [0.4, 0.5) is 0 Å². The van der Waals surface area contributed by atoms with Gasteiger partial charge in [-0.15, -0.1) is 0 Å². The van der Waals surface area contributed by atoms with E-state index in [1.807, 2.05) is 34.1 Å². The van der Waals surface area contributed by atoms with Gasteiger partial charge in [0.25, 0.3) is 5.91 Å². The molecule has 2 amide bonds. The highest BCUT2D eigenvalue weighted by Gasteiger charge is 2.35. The first-order valence-electron chi connectivity index (χ1n) is 9.87. The van der Waals surface area contributed by atoms with Gasteiger partial charge in [-0.05, 0) is 43.4 Å². The number of nitrogens with zero attached hydrogens (tertiary/aromatic N) is 2. The lowest BCUT2D eigenvalue weighted by molar-refractivity contribution is -0.133. The summed E-state index contributed by atoms with van der Waals surface area (Å²) in [6.07, 6.45) is 3.71. The molecule has 140 valence electrons. The van der Waals surface area contributed by atoms with Crippen molar-refractivity contribution in [3.05, 3.63) is 70.8 Å². The van der Waals surface area contributed by atoms with E-state index in [2.05, 4.69) is 31.2 Å². The molecule has 0 aliphatic carbocycles. The van der Waals surface area contributed by atoms with Gasteiger partial charge in [0.1, 0.15) is 0 Å². The molecule has 4 heteroatoms. The zero-order valence-electron chi connectivity index (χ0n) is 15.9. The first-order valence-corrected chi connectivity index (χ1v) is 9.87. The fraction of sp³-hybridized carbons (Fsp3) is 0.391. The second kappa shape index (κ2) is 7.55. The third kappa shape index (κ3) is 3.61. The molecular formula is C23H26N2O2.